The highest BCUT2D eigenvalue weighted by atomic mass is 16.5. The Morgan fingerprint density at radius 1 is 1.61 bits per heavy atom. The highest BCUT2D eigenvalue weighted by molar-refractivity contribution is 5.92. The lowest BCUT2D eigenvalue weighted by atomic mass is 10.1. The summed E-state index contributed by atoms with van der Waals surface area (Å²) in [7, 11) is 0. The van der Waals surface area contributed by atoms with E-state index in [9.17, 15) is 4.79 Å². The Hall–Kier alpha value is -1.49. The minimum atomic E-state index is -0.0186. The van der Waals surface area contributed by atoms with Crippen LogP contribution in [0.15, 0.2) is 12.3 Å². The van der Waals surface area contributed by atoms with Crippen LogP contribution in [0.1, 0.15) is 29.7 Å². The Labute approximate surface area is 107 Å². The highest BCUT2D eigenvalue weighted by Crippen LogP contribution is 2.15. The molecule has 5 heteroatoms. The molecule has 1 fully saturated rings. The maximum Gasteiger partial charge on any atom is 0.272 e. The van der Waals surface area contributed by atoms with Crippen LogP contribution in [-0.4, -0.2) is 47.1 Å². The lowest BCUT2D eigenvalue weighted by Crippen LogP contribution is -2.36. The molecule has 0 saturated carbocycles. The number of rotatable bonds is 4. The van der Waals surface area contributed by atoms with E-state index in [2.05, 4.69) is 9.97 Å². The first-order chi connectivity index (χ1) is 8.70. The Balaban J connectivity index is 2.04. The summed E-state index contributed by atoms with van der Waals surface area (Å²) in [6.45, 7) is 6.78. The smallest absolute Gasteiger partial charge is 0.272 e. The summed E-state index contributed by atoms with van der Waals surface area (Å²) in [5, 5.41) is 0. The van der Waals surface area contributed by atoms with Crippen molar-refractivity contribution in [2.45, 2.75) is 20.3 Å². The van der Waals surface area contributed by atoms with Gasteiger partial charge < -0.3 is 9.64 Å². The van der Waals surface area contributed by atoms with Gasteiger partial charge in [0.15, 0.2) is 0 Å². The van der Waals surface area contributed by atoms with Crippen LogP contribution in [0.5, 0.6) is 0 Å². The van der Waals surface area contributed by atoms with Gasteiger partial charge in [-0.05, 0) is 26.3 Å². The van der Waals surface area contributed by atoms with E-state index in [4.69, 9.17) is 4.74 Å². The van der Waals surface area contributed by atoms with E-state index in [1.54, 1.807) is 19.2 Å². The van der Waals surface area contributed by atoms with E-state index in [0.717, 1.165) is 26.2 Å². The molecule has 18 heavy (non-hydrogen) atoms. The first kappa shape index (κ1) is 13.0. The fraction of sp³-hybridized carbons (Fsp3) is 0.615. The summed E-state index contributed by atoms with van der Waals surface area (Å²) >= 11 is 0. The Bertz CT molecular complexity index is 416. The van der Waals surface area contributed by atoms with Gasteiger partial charge in [-0.3, -0.25) is 4.79 Å². The van der Waals surface area contributed by atoms with Gasteiger partial charge >= 0.3 is 0 Å². The number of hydrogen-bond donors (Lipinski definition) is 0. The molecular weight excluding hydrogens is 230 g/mol. The van der Waals surface area contributed by atoms with E-state index in [1.807, 2.05) is 11.8 Å². The first-order valence-corrected chi connectivity index (χ1v) is 6.37. The molecule has 1 aromatic heterocycles. The highest BCUT2D eigenvalue weighted by Gasteiger charge is 2.22. The molecule has 1 aliphatic rings. The molecule has 1 atom stereocenters. The van der Waals surface area contributed by atoms with Crippen molar-refractivity contribution >= 4 is 5.91 Å². The summed E-state index contributed by atoms with van der Waals surface area (Å²) in [5.41, 5.74) is 0.475. The average molecular weight is 249 g/mol. The van der Waals surface area contributed by atoms with Crippen LogP contribution in [-0.2, 0) is 4.74 Å². The third-order valence-corrected chi connectivity index (χ3v) is 3.17. The monoisotopic (exact) mass is 249 g/mol. The van der Waals surface area contributed by atoms with E-state index >= 15 is 0 Å². The van der Waals surface area contributed by atoms with Crippen LogP contribution in [0.25, 0.3) is 0 Å². The number of nitrogens with zero attached hydrogens (tertiary/aromatic N) is 3. The minimum absolute atomic E-state index is 0.0186. The maximum absolute atomic E-state index is 12.3. The molecule has 0 spiro atoms. The summed E-state index contributed by atoms with van der Waals surface area (Å²) in [4.78, 5) is 22.3. The fourth-order valence-corrected chi connectivity index (χ4v) is 2.13. The van der Waals surface area contributed by atoms with Crippen LogP contribution >= 0.6 is 0 Å². The third kappa shape index (κ3) is 3.04. The number of ether oxygens (including phenoxy) is 1. The number of carbonyl (C=O) groups excluding carboxylic acids is 1. The number of hydrogen-bond acceptors (Lipinski definition) is 4. The van der Waals surface area contributed by atoms with Crippen molar-refractivity contribution in [3.8, 4) is 0 Å². The molecule has 2 heterocycles. The molecular formula is C13H19N3O2. The quantitative estimate of drug-likeness (QED) is 0.806. The van der Waals surface area contributed by atoms with Gasteiger partial charge in [-0.25, -0.2) is 9.97 Å². The summed E-state index contributed by atoms with van der Waals surface area (Å²) < 4.78 is 5.34. The van der Waals surface area contributed by atoms with Crippen LogP contribution in [0.3, 0.4) is 0 Å². The molecule has 0 bridgehead atoms. The summed E-state index contributed by atoms with van der Waals surface area (Å²) in [6, 6.07) is 1.67. The second kappa shape index (κ2) is 5.91. The molecule has 1 saturated heterocycles. The number of amides is 1. The standard InChI is InChI=1S/C13H19N3O2/c1-3-16(8-11-5-7-18-9-11)13(17)12-4-6-14-10(2)15-12/h4,6,11H,3,5,7-9H2,1-2H3. The molecule has 1 unspecified atom stereocenters. The molecule has 2 rings (SSSR count). The molecule has 5 nitrogen and oxygen atoms in total. The van der Waals surface area contributed by atoms with Crippen LogP contribution in [0, 0.1) is 12.8 Å². The van der Waals surface area contributed by atoms with Crippen LogP contribution < -0.4 is 0 Å². The zero-order chi connectivity index (χ0) is 13.0. The van der Waals surface area contributed by atoms with E-state index in [0.29, 0.717) is 24.0 Å². The van der Waals surface area contributed by atoms with E-state index in [-0.39, 0.29) is 5.91 Å². The van der Waals surface area contributed by atoms with Crippen LogP contribution in [0.2, 0.25) is 0 Å². The first-order valence-electron chi connectivity index (χ1n) is 6.37. The van der Waals surface area contributed by atoms with Gasteiger partial charge in [0.2, 0.25) is 0 Å². The van der Waals surface area contributed by atoms with Crippen molar-refractivity contribution in [2.24, 2.45) is 5.92 Å². The van der Waals surface area contributed by atoms with E-state index in [1.165, 1.54) is 0 Å². The molecule has 1 aromatic rings. The third-order valence-electron chi connectivity index (χ3n) is 3.17. The number of aryl methyl sites for hydroxylation is 1. The van der Waals surface area contributed by atoms with Crippen molar-refractivity contribution in [1.29, 1.82) is 0 Å². The van der Waals surface area contributed by atoms with Gasteiger partial charge in [-0.2, -0.15) is 0 Å². The van der Waals surface area contributed by atoms with Gasteiger partial charge in [0.1, 0.15) is 11.5 Å². The Morgan fingerprint density at radius 3 is 3.06 bits per heavy atom. The maximum atomic E-state index is 12.3. The molecule has 1 aliphatic heterocycles. The fourth-order valence-electron chi connectivity index (χ4n) is 2.13. The van der Waals surface area contributed by atoms with Gasteiger partial charge in [0.25, 0.3) is 5.91 Å². The lowest BCUT2D eigenvalue weighted by Gasteiger charge is -2.23. The molecule has 1 amide bonds. The summed E-state index contributed by atoms with van der Waals surface area (Å²) in [5.74, 6) is 1.06. The number of aromatic nitrogens is 2. The largest absolute Gasteiger partial charge is 0.381 e. The van der Waals surface area contributed by atoms with Gasteiger partial charge in [0.05, 0.1) is 6.61 Å². The normalized spacial score (nSPS) is 18.9. The van der Waals surface area contributed by atoms with Gasteiger partial charge in [-0.1, -0.05) is 0 Å². The Morgan fingerprint density at radius 2 is 2.44 bits per heavy atom. The zero-order valence-electron chi connectivity index (χ0n) is 10.9. The average Bonchev–Trinajstić information content (AvgIpc) is 2.88. The van der Waals surface area contributed by atoms with Crippen molar-refractivity contribution in [1.82, 2.24) is 14.9 Å². The predicted molar refractivity (Wildman–Crippen MR) is 67.3 cm³/mol. The Kier molecular flexibility index (Phi) is 4.25. The van der Waals surface area contributed by atoms with Gasteiger partial charge in [0, 0.05) is 31.8 Å². The molecule has 0 aromatic carbocycles. The van der Waals surface area contributed by atoms with E-state index < -0.39 is 0 Å². The van der Waals surface area contributed by atoms with Gasteiger partial charge in [-0.15, -0.1) is 0 Å². The number of carbonyl (C=O) groups is 1. The van der Waals surface area contributed by atoms with Crippen LogP contribution in [0.4, 0.5) is 0 Å². The zero-order valence-corrected chi connectivity index (χ0v) is 10.9. The second-order valence-electron chi connectivity index (χ2n) is 4.56. The van der Waals surface area contributed by atoms with Crippen molar-refractivity contribution < 1.29 is 9.53 Å². The minimum Gasteiger partial charge on any atom is -0.381 e. The van der Waals surface area contributed by atoms with Crippen molar-refractivity contribution in [3.05, 3.63) is 23.8 Å². The summed E-state index contributed by atoms with van der Waals surface area (Å²) in [6.07, 6.45) is 2.66. The lowest BCUT2D eigenvalue weighted by molar-refractivity contribution is 0.0724. The molecule has 0 aliphatic carbocycles. The molecule has 0 N–H and O–H groups in total. The second-order valence-corrected chi connectivity index (χ2v) is 4.56. The van der Waals surface area contributed by atoms with Crippen molar-refractivity contribution in [2.75, 3.05) is 26.3 Å². The topological polar surface area (TPSA) is 55.3 Å². The molecule has 98 valence electrons. The SMILES string of the molecule is CCN(CC1CCOC1)C(=O)c1ccnc(C)n1. The van der Waals surface area contributed by atoms with Crippen molar-refractivity contribution in [3.63, 3.8) is 0 Å². The molecule has 0 radical (unpaired) electrons. The predicted octanol–water partition coefficient (Wildman–Crippen LogP) is 1.28.